The van der Waals surface area contributed by atoms with Gasteiger partial charge in [-0.1, -0.05) is 43.1 Å². The monoisotopic (exact) mass is 848 g/mol. The molecule has 3 aliphatic rings. The molecule has 3 aromatic rings. The number of aromatic amines is 1. The lowest BCUT2D eigenvalue weighted by atomic mass is 9.88. The highest BCUT2D eigenvalue weighted by Crippen LogP contribution is 2.35. The number of carboxylic acids is 1. The summed E-state index contributed by atoms with van der Waals surface area (Å²) in [5.41, 5.74) is 4.02. The third-order valence-corrected chi connectivity index (χ3v) is 10.5. The number of rotatable bonds is 7. The summed E-state index contributed by atoms with van der Waals surface area (Å²) in [5.74, 6) is -2.83. The number of alkyl halides is 6. The van der Waals surface area contributed by atoms with E-state index in [9.17, 15) is 35.9 Å². The normalized spacial score (nSPS) is 18.4. The molecule has 2 fully saturated rings. The Kier molecular flexibility index (Phi) is 18.6. The van der Waals surface area contributed by atoms with Crippen molar-refractivity contribution in [3.8, 4) is 0 Å². The number of fused-ring (bicyclic) bond motifs is 2. The van der Waals surface area contributed by atoms with Crippen molar-refractivity contribution >= 4 is 52.6 Å². The van der Waals surface area contributed by atoms with Crippen LogP contribution in [0.5, 0.6) is 0 Å². The maximum absolute atomic E-state index is 14.8. The lowest BCUT2D eigenvalue weighted by Gasteiger charge is -2.41. The maximum atomic E-state index is 14.8. The molecule has 0 bridgehead atoms. The number of halogens is 7. The van der Waals surface area contributed by atoms with E-state index in [1.54, 1.807) is 0 Å². The predicted octanol–water partition coefficient (Wildman–Crippen LogP) is 7.23. The van der Waals surface area contributed by atoms with Gasteiger partial charge in [-0.05, 0) is 101 Å². The first kappa shape index (κ1) is 47.8. The molecule has 1 aromatic heterocycles. The quantitative estimate of drug-likeness (QED) is 0.144. The van der Waals surface area contributed by atoms with Crippen LogP contribution >= 0.6 is 11.6 Å². The summed E-state index contributed by atoms with van der Waals surface area (Å²) in [5, 5.41) is 19.0. The van der Waals surface area contributed by atoms with Gasteiger partial charge in [-0.3, -0.25) is 9.59 Å². The van der Waals surface area contributed by atoms with Crippen LogP contribution in [-0.2, 0) is 20.8 Å². The Bertz CT molecular complexity index is 1780. The second-order valence-corrected chi connectivity index (χ2v) is 15.0. The number of aromatic nitrogens is 1. The molecule has 0 saturated carbocycles. The highest BCUT2D eigenvalue weighted by molar-refractivity contribution is 6.30. The van der Waals surface area contributed by atoms with E-state index in [0.717, 1.165) is 53.5 Å². The van der Waals surface area contributed by atoms with Crippen molar-refractivity contribution in [2.24, 2.45) is 5.92 Å². The van der Waals surface area contributed by atoms with E-state index in [-0.39, 0.29) is 30.2 Å². The molecular formula is C39H51ClF6N6O6. The Morgan fingerprint density at radius 3 is 2.17 bits per heavy atom. The van der Waals surface area contributed by atoms with E-state index < -0.39 is 24.9 Å². The standard InChI is InChI=1S/C35H47ClN6O2.C2HF3O2.CHF3.CH2O2/c1-24(30-21-37-31-10-6-5-9-29(30)31)33(38-35(44)41-17-13-28(14-18-41)40-15-7-4-8-16-40)34(43)42-23-25(22-39(2)3)19-26-20-27(36)11-12-32(26)42;3-2(4,5)1(6)7;2-1(3)4;2-1-3/h5-6,9-12,20-21,24-25,28,33,37H,4,7-8,13-19,22-23H2,1-3H3,(H,38,44);(H,6,7);1H;1H,(H,2,3)/t24?,25-,33?;;;/m1.../s1. The summed E-state index contributed by atoms with van der Waals surface area (Å²) in [6, 6.07) is 13.6. The molecule has 4 heterocycles. The number of amides is 3. The first-order valence-electron chi connectivity index (χ1n) is 18.8. The van der Waals surface area contributed by atoms with Crippen LogP contribution in [0.15, 0.2) is 48.7 Å². The smallest absolute Gasteiger partial charge is 0.483 e. The van der Waals surface area contributed by atoms with E-state index in [0.29, 0.717) is 30.7 Å². The van der Waals surface area contributed by atoms with Gasteiger partial charge in [0.05, 0.1) is 0 Å². The van der Waals surface area contributed by atoms with Gasteiger partial charge in [0.1, 0.15) is 6.04 Å². The summed E-state index contributed by atoms with van der Waals surface area (Å²) in [4.78, 5) is 57.9. The molecule has 0 aliphatic carbocycles. The van der Waals surface area contributed by atoms with Gasteiger partial charge in [-0.2, -0.15) is 26.3 Å². The van der Waals surface area contributed by atoms with Crippen LogP contribution in [-0.4, -0.2) is 133 Å². The molecule has 0 radical (unpaired) electrons. The van der Waals surface area contributed by atoms with Crippen LogP contribution in [0.3, 0.4) is 0 Å². The van der Waals surface area contributed by atoms with Crippen molar-refractivity contribution in [1.82, 2.24) is 25.0 Å². The number of piperidine rings is 2. The Labute approximate surface area is 338 Å². The number of carboxylic acid groups (broad SMARTS) is 2. The fourth-order valence-corrected chi connectivity index (χ4v) is 7.92. The summed E-state index contributed by atoms with van der Waals surface area (Å²) in [6.07, 6.45) is 3.61. The van der Waals surface area contributed by atoms with Crippen LogP contribution < -0.4 is 10.2 Å². The van der Waals surface area contributed by atoms with Gasteiger partial charge in [-0.25, -0.2) is 9.59 Å². The molecular weight excluding hydrogens is 798 g/mol. The molecule has 19 heteroatoms. The number of hydrogen-bond acceptors (Lipinski definition) is 6. The molecule has 6 rings (SSSR count). The van der Waals surface area contributed by atoms with Crippen LogP contribution in [0.1, 0.15) is 56.1 Å². The van der Waals surface area contributed by atoms with Crippen LogP contribution in [0.25, 0.3) is 10.9 Å². The first-order valence-corrected chi connectivity index (χ1v) is 19.2. The van der Waals surface area contributed by atoms with E-state index in [1.165, 1.54) is 32.4 Å². The number of nitrogens with zero attached hydrogens (tertiary/aromatic N) is 4. The van der Waals surface area contributed by atoms with Crippen molar-refractivity contribution in [2.45, 2.75) is 76.3 Å². The number of benzene rings is 2. The summed E-state index contributed by atoms with van der Waals surface area (Å²) in [6.45, 7) is 3.37. The fraction of sp³-hybridized carbons (Fsp3) is 0.538. The molecule has 322 valence electrons. The number of nitrogens with one attached hydrogen (secondary N) is 2. The molecule has 2 unspecified atom stereocenters. The molecule has 2 saturated heterocycles. The Morgan fingerprint density at radius 1 is 1.02 bits per heavy atom. The topological polar surface area (TPSA) is 150 Å². The summed E-state index contributed by atoms with van der Waals surface area (Å²) in [7, 11) is 4.13. The molecule has 0 spiro atoms. The molecule has 2 aromatic carbocycles. The van der Waals surface area contributed by atoms with Gasteiger partial charge < -0.3 is 40.1 Å². The second-order valence-electron chi connectivity index (χ2n) is 14.5. The molecule has 3 atom stereocenters. The Morgan fingerprint density at radius 2 is 1.60 bits per heavy atom. The Balaban J connectivity index is 0.000000556. The summed E-state index contributed by atoms with van der Waals surface area (Å²) < 4.78 is 60.7. The number of H-pyrrole nitrogens is 1. The van der Waals surface area contributed by atoms with E-state index in [4.69, 9.17) is 31.4 Å². The molecule has 58 heavy (non-hydrogen) atoms. The van der Waals surface area contributed by atoms with Crippen molar-refractivity contribution in [3.05, 3.63) is 64.8 Å². The third-order valence-electron chi connectivity index (χ3n) is 10.2. The van der Waals surface area contributed by atoms with E-state index in [1.807, 2.05) is 52.4 Å². The second kappa shape index (κ2) is 22.6. The minimum Gasteiger partial charge on any atom is -0.483 e. The van der Waals surface area contributed by atoms with Crippen molar-refractivity contribution < 1.29 is 55.7 Å². The van der Waals surface area contributed by atoms with Crippen molar-refractivity contribution in [3.63, 3.8) is 0 Å². The SMILES string of the molecule is CC(c1c[nH]c2ccccc12)C(NC(=O)N1CCC(N2CCCCC2)CC1)C(=O)N1C[C@@H](CN(C)C)Cc2cc(Cl)ccc21.FC(F)F.O=C(O)C(F)(F)F.O=CO. The van der Waals surface area contributed by atoms with Gasteiger partial charge >= 0.3 is 24.9 Å². The third kappa shape index (κ3) is 14.1. The molecule has 3 amide bonds. The number of aliphatic carboxylic acids is 1. The average Bonchev–Trinajstić information content (AvgIpc) is 3.60. The zero-order valence-electron chi connectivity index (χ0n) is 32.5. The maximum Gasteiger partial charge on any atom is 0.490 e. The number of urea groups is 1. The van der Waals surface area contributed by atoms with Gasteiger partial charge in [0.25, 0.3) is 6.47 Å². The highest BCUT2D eigenvalue weighted by atomic mass is 35.5. The molecule has 12 nitrogen and oxygen atoms in total. The van der Waals surface area contributed by atoms with E-state index >= 15 is 0 Å². The van der Waals surface area contributed by atoms with Crippen molar-refractivity contribution in [1.29, 1.82) is 0 Å². The summed E-state index contributed by atoms with van der Waals surface area (Å²) >= 11 is 6.43. The zero-order valence-corrected chi connectivity index (χ0v) is 33.3. The minimum absolute atomic E-state index is 0.0774. The number of carbonyl (C=O) groups excluding carboxylic acids is 2. The van der Waals surface area contributed by atoms with Crippen LogP contribution in [0.4, 0.5) is 36.8 Å². The van der Waals surface area contributed by atoms with Crippen LogP contribution in [0, 0.1) is 5.92 Å². The largest absolute Gasteiger partial charge is 0.490 e. The number of hydrogen-bond donors (Lipinski definition) is 4. The number of para-hydroxylation sites is 1. The lowest BCUT2D eigenvalue weighted by molar-refractivity contribution is -0.192. The van der Waals surface area contributed by atoms with Gasteiger partial charge in [0.15, 0.2) is 0 Å². The number of likely N-dealkylation sites (tertiary alicyclic amines) is 2. The number of carbonyl (C=O) groups is 4. The van der Waals surface area contributed by atoms with Crippen molar-refractivity contribution in [2.75, 3.05) is 58.3 Å². The van der Waals surface area contributed by atoms with Gasteiger partial charge in [0.2, 0.25) is 5.91 Å². The lowest BCUT2D eigenvalue weighted by Crippen LogP contribution is -2.57. The molecule has 3 aliphatic heterocycles. The fourth-order valence-electron chi connectivity index (χ4n) is 7.72. The highest BCUT2D eigenvalue weighted by Gasteiger charge is 2.39. The van der Waals surface area contributed by atoms with Gasteiger partial charge in [0, 0.05) is 65.9 Å². The average molecular weight is 849 g/mol. The van der Waals surface area contributed by atoms with E-state index in [2.05, 4.69) is 47.2 Å². The zero-order chi connectivity index (χ0) is 43.2. The molecule has 4 N–H and O–H groups in total. The first-order chi connectivity index (χ1) is 27.4. The van der Waals surface area contributed by atoms with Crippen LogP contribution in [0.2, 0.25) is 5.02 Å². The predicted molar refractivity (Wildman–Crippen MR) is 208 cm³/mol. The minimum atomic E-state index is -5.08. The Hall–Kier alpha value is -4.55. The van der Waals surface area contributed by atoms with Gasteiger partial charge in [-0.15, -0.1) is 0 Å². The number of anilines is 1.